The van der Waals surface area contributed by atoms with Gasteiger partial charge in [-0.3, -0.25) is 9.80 Å². The van der Waals surface area contributed by atoms with Gasteiger partial charge in [-0.15, -0.1) is 0 Å². The van der Waals surface area contributed by atoms with Crippen LogP contribution in [0.5, 0.6) is 0 Å². The second-order valence-electron chi connectivity index (χ2n) is 9.70. The molecule has 168 valence electrons. The first-order chi connectivity index (χ1) is 15.7. The molecule has 3 fully saturated rings. The third-order valence-electron chi connectivity index (χ3n) is 8.01. The maximum atomic E-state index is 9.35. The normalized spacial score (nSPS) is 28.7. The Labute approximate surface area is 201 Å². The number of halogens is 2. The van der Waals surface area contributed by atoms with Gasteiger partial charge >= 0.3 is 0 Å². The summed E-state index contributed by atoms with van der Waals surface area (Å²) >= 11 is 13.5. The molecule has 2 aromatic carbocycles. The molecule has 0 N–H and O–H groups in total. The van der Waals surface area contributed by atoms with E-state index in [4.69, 9.17) is 23.2 Å². The van der Waals surface area contributed by atoms with Gasteiger partial charge in [0.2, 0.25) is 0 Å². The Morgan fingerprint density at radius 1 is 0.875 bits per heavy atom. The molecule has 3 nitrogen and oxygen atoms in total. The van der Waals surface area contributed by atoms with E-state index in [1.165, 1.54) is 44.9 Å². The van der Waals surface area contributed by atoms with Gasteiger partial charge in [-0.05, 0) is 74.2 Å². The van der Waals surface area contributed by atoms with Crippen molar-refractivity contribution in [1.29, 1.82) is 5.26 Å². The first kappa shape index (κ1) is 22.2. The first-order valence-electron chi connectivity index (χ1n) is 12.0. The van der Waals surface area contributed by atoms with E-state index in [2.05, 4.69) is 40.1 Å². The topological polar surface area (TPSA) is 30.3 Å². The van der Waals surface area contributed by atoms with E-state index in [0.29, 0.717) is 30.6 Å². The molecule has 0 aromatic heterocycles. The molecule has 5 rings (SSSR count). The molecular weight excluding hydrogens is 437 g/mol. The number of rotatable bonds is 5. The summed E-state index contributed by atoms with van der Waals surface area (Å²) in [5, 5.41) is 11.0. The van der Waals surface area contributed by atoms with Crippen LogP contribution >= 0.6 is 23.2 Å². The largest absolute Gasteiger partial charge is 0.287 e. The van der Waals surface area contributed by atoms with Crippen molar-refractivity contribution in [3.05, 3.63) is 69.7 Å². The Morgan fingerprint density at radius 2 is 1.47 bits per heavy atom. The lowest BCUT2D eigenvalue weighted by atomic mass is 9.79. The fraction of sp³-hybridized carbons (Fsp3) is 0.519. The zero-order chi connectivity index (χ0) is 22.1. The minimum absolute atomic E-state index is 0.0809. The van der Waals surface area contributed by atoms with E-state index < -0.39 is 0 Å². The molecule has 3 saturated heterocycles. The minimum atomic E-state index is 0.0809. The number of hydrogen-bond donors (Lipinski definition) is 0. The second kappa shape index (κ2) is 9.74. The predicted octanol–water partition coefficient (Wildman–Crippen LogP) is 6.70. The van der Waals surface area contributed by atoms with Gasteiger partial charge in [-0.2, -0.15) is 5.26 Å². The Kier molecular flexibility index (Phi) is 6.76. The Hall–Kier alpha value is -1.57. The summed E-state index contributed by atoms with van der Waals surface area (Å²) in [6, 6.07) is 20.6. The molecule has 0 spiro atoms. The second-order valence-corrected chi connectivity index (χ2v) is 10.5. The molecule has 3 atom stereocenters. The number of nitrogens with zero attached hydrogens (tertiary/aromatic N) is 3. The molecule has 0 amide bonds. The predicted molar refractivity (Wildman–Crippen MR) is 131 cm³/mol. The van der Waals surface area contributed by atoms with Crippen LogP contribution in [0.1, 0.15) is 62.1 Å². The molecule has 32 heavy (non-hydrogen) atoms. The molecule has 3 aliphatic rings. The molecule has 2 bridgehead atoms. The van der Waals surface area contributed by atoms with Gasteiger partial charge < -0.3 is 0 Å². The van der Waals surface area contributed by atoms with E-state index in [1.807, 2.05) is 24.3 Å². The van der Waals surface area contributed by atoms with Crippen LogP contribution in [0, 0.1) is 17.2 Å². The fourth-order valence-corrected chi connectivity index (χ4v) is 7.19. The molecule has 0 aliphatic carbocycles. The standard InChI is InChI=1S/C27H31Cl2N3/c28-24-9-3-1-7-22(24)27(23-8-2-4-10-25(23)29)32-20-12-13-21(32)18-19(17-20)26-11-5-6-15-31(26)16-14-30/h1-4,7-10,19-21,26-27H,5-6,11-13,15-18H2/t20-,21-,26?/m0/s1. The summed E-state index contributed by atoms with van der Waals surface area (Å²) in [5.41, 5.74) is 2.31. The lowest BCUT2D eigenvalue weighted by molar-refractivity contribution is 0.0215. The van der Waals surface area contributed by atoms with Crippen LogP contribution in [0.3, 0.4) is 0 Å². The van der Waals surface area contributed by atoms with E-state index >= 15 is 0 Å². The monoisotopic (exact) mass is 467 g/mol. The van der Waals surface area contributed by atoms with Crippen molar-refractivity contribution in [2.45, 2.75) is 69.1 Å². The van der Waals surface area contributed by atoms with Crippen molar-refractivity contribution < 1.29 is 0 Å². The highest BCUT2D eigenvalue weighted by molar-refractivity contribution is 6.32. The number of piperidine rings is 2. The molecule has 3 heterocycles. The molecule has 2 aromatic rings. The van der Waals surface area contributed by atoms with Crippen LogP contribution in [0.25, 0.3) is 0 Å². The van der Waals surface area contributed by atoms with E-state index in [1.54, 1.807) is 0 Å². The highest BCUT2D eigenvalue weighted by Gasteiger charge is 2.47. The number of hydrogen-bond acceptors (Lipinski definition) is 3. The van der Waals surface area contributed by atoms with E-state index in [-0.39, 0.29) is 6.04 Å². The Morgan fingerprint density at radius 3 is 2.03 bits per heavy atom. The third-order valence-corrected chi connectivity index (χ3v) is 8.69. The lowest BCUT2D eigenvalue weighted by Gasteiger charge is -2.48. The number of nitriles is 1. The highest BCUT2D eigenvalue weighted by atomic mass is 35.5. The third kappa shape index (κ3) is 4.19. The molecule has 5 heteroatoms. The van der Waals surface area contributed by atoms with Gasteiger partial charge in [0.25, 0.3) is 0 Å². The minimum Gasteiger partial charge on any atom is -0.287 e. The van der Waals surface area contributed by atoms with Gasteiger partial charge in [0.15, 0.2) is 0 Å². The lowest BCUT2D eigenvalue weighted by Crippen LogP contribution is -2.52. The summed E-state index contributed by atoms with van der Waals surface area (Å²) < 4.78 is 0. The van der Waals surface area contributed by atoms with Crippen molar-refractivity contribution in [3.8, 4) is 6.07 Å². The van der Waals surface area contributed by atoms with Crippen LogP contribution < -0.4 is 0 Å². The summed E-state index contributed by atoms with van der Waals surface area (Å²) in [5.74, 6) is 0.676. The molecule has 3 aliphatic heterocycles. The molecule has 0 saturated carbocycles. The summed E-state index contributed by atoms with van der Waals surface area (Å²) in [6.07, 6.45) is 8.64. The zero-order valence-electron chi connectivity index (χ0n) is 18.5. The zero-order valence-corrected chi connectivity index (χ0v) is 20.0. The van der Waals surface area contributed by atoms with Gasteiger partial charge in [-0.25, -0.2) is 0 Å². The van der Waals surface area contributed by atoms with Crippen molar-refractivity contribution >= 4 is 23.2 Å². The highest BCUT2D eigenvalue weighted by Crippen LogP contribution is 2.49. The SMILES string of the molecule is N#CCN1CCCCC1C1C[C@@H]2CC[C@@H](C1)N2C(c1ccccc1Cl)c1ccccc1Cl. The first-order valence-corrected chi connectivity index (χ1v) is 12.8. The summed E-state index contributed by atoms with van der Waals surface area (Å²) in [7, 11) is 0. The van der Waals surface area contributed by atoms with Gasteiger partial charge in [0.05, 0.1) is 18.7 Å². The number of fused-ring (bicyclic) bond motifs is 2. The van der Waals surface area contributed by atoms with E-state index in [9.17, 15) is 5.26 Å². The van der Waals surface area contributed by atoms with Crippen LogP contribution in [-0.2, 0) is 0 Å². The molecule has 0 radical (unpaired) electrons. The summed E-state index contributed by atoms with van der Waals surface area (Å²) in [6.45, 7) is 1.65. The van der Waals surface area contributed by atoms with Gasteiger partial charge in [-0.1, -0.05) is 66.0 Å². The van der Waals surface area contributed by atoms with Crippen LogP contribution in [0.4, 0.5) is 0 Å². The summed E-state index contributed by atoms with van der Waals surface area (Å²) in [4.78, 5) is 5.19. The Balaban J connectivity index is 1.47. The smallest absolute Gasteiger partial charge is 0.0868 e. The maximum absolute atomic E-state index is 9.35. The van der Waals surface area contributed by atoms with Crippen LogP contribution in [0.2, 0.25) is 10.0 Å². The van der Waals surface area contributed by atoms with Gasteiger partial charge in [0.1, 0.15) is 0 Å². The molecule has 1 unspecified atom stereocenters. The van der Waals surface area contributed by atoms with Crippen molar-refractivity contribution in [2.24, 2.45) is 5.92 Å². The van der Waals surface area contributed by atoms with Gasteiger partial charge in [0, 0.05) is 28.2 Å². The quantitative estimate of drug-likeness (QED) is 0.457. The maximum Gasteiger partial charge on any atom is 0.0868 e. The Bertz CT molecular complexity index is 927. The van der Waals surface area contributed by atoms with Crippen LogP contribution in [0.15, 0.2) is 48.5 Å². The fourth-order valence-electron chi connectivity index (χ4n) is 6.71. The average molecular weight is 468 g/mol. The average Bonchev–Trinajstić information content (AvgIpc) is 3.05. The molecular formula is C27H31Cl2N3. The number of likely N-dealkylation sites (tertiary alicyclic amines) is 1. The number of benzene rings is 2. The van der Waals surface area contributed by atoms with Crippen LogP contribution in [-0.4, -0.2) is 41.0 Å². The van der Waals surface area contributed by atoms with Crippen molar-refractivity contribution in [1.82, 2.24) is 9.80 Å². The van der Waals surface area contributed by atoms with Crippen molar-refractivity contribution in [3.63, 3.8) is 0 Å². The van der Waals surface area contributed by atoms with Crippen molar-refractivity contribution in [2.75, 3.05) is 13.1 Å². The van der Waals surface area contributed by atoms with E-state index in [0.717, 1.165) is 27.7 Å².